The van der Waals surface area contributed by atoms with Crippen LogP contribution in [0.3, 0.4) is 0 Å². The first-order chi connectivity index (χ1) is 26.3. The average Bonchev–Trinajstić information content (AvgIpc) is 3.77. The normalized spacial score (nSPS) is 12.8. The van der Waals surface area contributed by atoms with Crippen LogP contribution in [-0.4, -0.2) is 11.5 Å². The molecule has 10 aromatic rings. The van der Waals surface area contributed by atoms with E-state index in [1.807, 2.05) is 24.3 Å². The van der Waals surface area contributed by atoms with Crippen molar-refractivity contribution in [2.45, 2.75) is 0 Å². The summed E-state index contributed by atoms with van der Waals surface area (Å²) >= 11 is 0. The lowest BCUT2D eigenvalue weighted by Gasteiger charge is -2.33. The van der Waals surface area contributed by atoms with E-state index in [1.165, 1.54) is 21.8 Å². The molecule has 246 valence electrons. The summed E-state index contributed by atoms with van der Waals surface area (Å²) in [7, 11) is 0. The van der Waals surface area contributed by atoms with Crippen LogP contribution >= 0.6 is 0 Å². The maximum Gasteiger partial charge on any atom is 0.434 e. The third-order valence-corrected chi connectivity index (χ3v) is 11.1. The number of hydrogen-bond acceptors (Lipinski definition) is 3. The number of furan rings is 1. The Morgan fingerprint density at radius 3 is 1.92 bits per heavy atom. The second-order valence-corrected chi connectivity index (χ2v) is 14.0. The smallest absolute Gasteiger partial charge is 0.434 e. The maximum absolute atomic E-state index is 6.94. The van der Waals surface area contributed by atoms with Gasteiger partial charge in [0, 0.05) is 43.7 Å². The summed E-state index contributed by atoms with van der Waals surface area (Å²) in [5.74, 6) is 2.52. The largest absolute Gasteiger partial charge is 0.551 e. The van der Waals surface area contributed by atoms with Gasteiger partial charge in [-0.05, 0) is 88.5 Å². The minimum atomic E-state index is -0.290. The standard InChI is InChI=1S/C48H28BNO3/c1-4-14-40-34(9-1)35-10-2-5-15-41(35)50(40)32-23-19-29(20-24-32)30-21-26-44-39(28-30)49-48-36(13-8-18-46(48)52-44)38-27-31(22-25-43(38)53-49)33-12-7-17-45-47(33)37-11-3-6-16-42(37)51-45/h1-28H. The molecular formula is C48H28BNO3. The number of fused-ring (bicyclic) bond motifs is 10. The molecule has 0 bridgehead atoms. The van der Waals surface area contributed by atoms with Gasteiger partial charge in [0.05, 0.1) is 11.0 Å². The highest BCUT2D eigenvalue weighted by atomic mass is 16.5. The van der Waals surface area contributed by atoms with Crippen molar-refractivity contribution >= 4 is 61.6 Å². The zero-order valence-electron chi connectivity index (χ0n) is 28.4. The Morgan fingerprint density at radius 2 is 1.09 bits per heavy atom. The first-order valence-corrected chi connectivity index (χ1v) is 18.0. The predicted octanol–water partition coefficient (Wildman–Crippen LogP) is 11.3. The fourth-order valence-corrected chi connectivity index (χ4v) is 8.72. The van der Waals surface area contributed by atoms with Gasteiger partial charge in [0.2, 0.25) is 0 Å². The minimum Gasteiger partial charge on any atom is -0.551 e. The Bertz CT molecular complexity index is 3080. The highest BCUT2D eigenvalue weighted by Crippen LogP contribution is 2.43. The summed E-state index contributed by atoms with van der Waals surface area (Å²) in [6.07, 6.45) is 0. The van der Waals surface area contributed by atoms with Gasteiger partial charge in [-0.2, -0.15) is 0 Å². The second-order valence-electron chi connectivity index (χ2n) is 14.0. The van der Waals surface area contributed by atoms with Crippen LogP contribution in [0.5, 0.6) is 17.2 Å². The highest BCUT2D eigenvalue weighted by Gasteiger charge is 2.40. The van der Waals surface area contributed by atoms with Crippen molar-refractivity contribution in [2.24, 2.45) is 0 Å². The minimum absolute atomic E-state index is 0.290. The number of aromatic nitrogens is 1. The summed E-state index contributed by atoms with van der Waals surface area (Å²) in [6, 6.07) is 60.0. The van der Waals surface area contributed by atoms with Gasteiger partial charge in [0.15, 0.2) is 0 Å². The molecule has 12 rings (SSSR count). The van der Waals surface area contributed by atoms with E-state index in [-0.39, 0.29) is 6.92 Å². The molecule has 0 unspecified atom stereocenters. The van der Waals surface area contributed by atoms with E-state index in [4.69, 9.17) is 13.8 Å². The van der Waals surface area contributed by atoms with Crippen molar-refractivity contribution in [3.05, 3.63) is 170 Å². The number of benzene rings is 8. The lowest BCUT2D eigenvalue weighted by atomic mass is 9.50. The summed E-state index contributed by atoms with van der Waals surface area (Å²) in [5, 5.41) is 4.76. The van der Waals surface area contributed by atoms with E-state index >= 15 is 0 Å². The molecule has 0 saturated carbocycles. The zero-order chi connectivity index (χ0) is 34.6. The van der Waals surface area contributed by atoms with Crippen molar-refractivity contribution in [2.75, 3.05) is 0 Å². The summed E-state index contributed by atoms with van der Waals surface area (Å²) in [6.45, 7) is -0.290. The number of nitrogens with zero attached hydrogens (tertiary/aromatic N) is 1. The molecule has 53 heavy (non-hydrogen) atoms. The van der Waals surface area contributed by atoms with E-state index < -0.39 is 0 Å². The lowest BCUT2D eigenvalue weighted by Crippen LogP contribution is -2.53. The number of para-hydroxylation sites is 3. The van der Waals surface area contributed by atoms with Gasteiger partial charge in [-0.1, -0.05) is 109 Å². The topological polar surface area (TPSA) is 36.5 Å². The van der Waals surface area contributed by atoms with Crippen LogP contribution in [-0.2, 0) is 0 Å². The fourth-order valence-electron chi connectivity index (χ4n) is 8.72. The van der Waals surface area contributed by atoms with Gasteiger partial charge in [-0.3, -0.25) is 0 Å². The van der Waals surface area contributed by atoms with Crippen molar-refractivity contribution in [3.8, 4) is 56.3 Å². The van der Waals surface area contributed by atoms with Crippen molar-refractivity contribution in [3.63, 3.8) is 0 Å². The SMILES string of the molecule is c1cc2c3c(c1)-c1cc(-c4cccc5oc6ccccc6c45)ccc1OB3c1cc(-c3ccc(-n4c5ccccc5c5ccccc54)cc3)ccc1O2. The van der Waals surface area contributed by atoms with Crippen LogP contribution in [0.4, 0.5) is 0 Å². The molecule has 0 saturated heterocycles. The Hall–Kier alpha value is -6.98. The van der Waals surface area contributed by atoms with Gasteiger partial charge in [0.1, 0.15) is 28.4 Å². The van der Waals surface area contributed by atoms with Crippen LogP contribution in [0.1, 0.15) is 0 Å². The van der Waals surface area contributed by atoms with Crippen LogP contribution < -0.4 is 20.3 Å². The van der Waals surface area contributed by atoms with E-state index in [9.17, 15) is 0 Å². The molecule has 0 atom stereocenters. The molecule has 8 aromatic carbocycles. The van der Waals surface area contributed by atoms with E-state index in [2.05, 4.69) is 150 Å². The Balaban J connectivity index is 0.933. The first kappa shape index (κ1) is 28.7. The van der Waals surface area contributed by atoms with Gasteiger partial charge in [0.25, 0.3) is 0 Å². The molecule has 5 heteroatoms. The van der Waals surface area contributed by atoms with Crippen LogP contribution in [0.25, 0.3) is 82.8 Å². The Morgan fingerprint density at radius 1 is 0.434 bits per heavy atom. The van der Waals surface area contributed by atoms with Crippen molar-refractivity contribution in [1.82, 2.24) is 4.57 Å². The van der Waals surface area contributed by atoms with Crippen molar-refractivity contribution in [1.29, 1.82) is 0 Å². The number of rotatable bonds is 3. The second kappa shape index (κ2) is 10.8. The van der Waals surface area contributed by atoms with Crippen LogP contribution in [0, 0.1) is 0 Å². The van der Waals surface area contributed by atoms with E-state index in [1.54, 1.807) is 0 Å². The summed E-state index contributed by atoms with van der Waals surface area (Å²) in [5.41, 5.74) is 14.1. The molecule has 0 aliphatic carbocycles. The summed E-state index contributed by atoms with van der Waals surface area (Å²) < 4.78 is 22.1. The van der Waals surface area contributed by atoms with Gasteiger partial charge in [-0.15, -0.1) is 0 Å². The molecule has 2 aromatic heterocycles. The molecular weight excluding hydrogens is 649 g/mol. The Labute approximate surface area is 305 Å². The molecule has 0 amide bonds. The zero-order valence-corrected chi connectivity index (χ0v) is 28.4. The lowest BCUT2D eigenvalue weighted by molar-refractivity contribution is 0.479. The molecule has 0 spiro atoms. The molecule has 4 heterocycles. The third-order valence-electron chi connectivity index (χ3n) is 11.1. The number of ether oxygens (including phenoxy) is 1. The Kier molecular flexibility index (Phi) is 5.83. The van der Waals surface area contributed by atoms with E-state index in [0.717, 1.165) is 89.2 Å². The molecule has 0 radical (unpaired) electrons. The van der Waals surface area contributed by atoms with Crippen LogP contribution in [0.2, 0.25) is 0 Å². The molecule has 2 aliphatic heterocycles. The fraction of sp³-hybridized carbons (Fsp3) is 0. The van der Waals surface area contributed by atoms with Gasteiger partial charge >= 0.3 is 6.92 Å². The van der Waals surface area contributed by atoms with Gasteiger partial charge in [-0.25, -0.2) is 0 Å². The van der Waals surface area contributed by atoms with Crippen LogP contribution in [0.15, 0.2) is 174 Å². The predicted molar refractivity (Wildman–Crippen MR) is 217 cm³/mol. The third kappa shape index (κ3) is 4.13. The highest BCUT2D eigenvalue weighted by molar-refractivity contribution is 6.84. The quantitative estimate of drug-likeness (QED) is 0.175. The molecule has 0 fully saturated rings. The number of hydrogen-bond donors (Lipinski definition) is 0. The first-order valence-electron chi connectivity index (χ1n) is 18.0. The molecule has 2 aliphatic rings. The maximum atomic E-state index is 6.94. The molecule has 4 nitrogen and oxygen atoms in total. The molecule has 0 N–H and O–H groups in total. The average molecular weight is 678 g/mol. The monoisotopic (exact) mass is 677 g/mol. The van der Waals surface area contributed by atoms with Crippen molar-refractivity contribution < 1.29 is 13.8 Å². The summed E-state index contributed by atoms with van der Waals surface area (Å²) in [4.78, 5) is 0. The van der Waals surface area contributed by atoms with Gasteiger partial charge < -0.3 is 18.4 Å². The van der Waals surface area contributed by atoms with E-state index in [0.29, 0.717) is 0 Å².